The van der Waals surface area contributed by atoms with Gasteiger partial charge in [0.2, 0.25) is 0 Å². The summed E-state index contributed by atoms with van der Waals surface area (Å²) >= 11 is 0. The van der Waals surface area contributed by atoms with Gasteiger partial charge in [-0.25, -0.2) is 18.4 Å². The van der Waals surface area contributed by atoms with Crippen molar-refractivity contribution in [3.05, 3.63) is 12.2 Å². The SMILES string of the molecule is CC(C(F)F)n1ncnc1C(=O)[O-].[Li+]. The summed E-state index contributed by atoms with van der Waals surface area (Å²) < 4.78 is 24.9. The number of halogens is 2. The third-order valence-corrected chi connectivity index (χ3v) is 1.51. The Morgan fingerprint density at radius 2 is 2.21 bits per heavy atom. The van der Waals surface area contributed by atoms with Crippen molar-refractivity contribution < 1.29 is 37.5 Å². The second-order valence-corrected chi connectivity index (χ2v) is 2.39. The molecule has 1 heterocycles. The summed E-state index contributed by atoms with van der Waals surface area (Å²) in [6.07, 6.45) is -1.80. The molecule has 0 aromatic carbocycles. The normalized spacial score (nSPS) is 12.3. The molecular weight excluding hydrogens is 191 g/mol. The van der Waals surface area contributed by atoms with E-state index in [9.17, 15) is 18.7 Å². The van der Waals surface area contributed by atoms with Crippen LogP contribution < -0.4 is 24.0 Å². The number of carbonyl (C=O) groups is 1. The molecule has 0 spiro atoms. The summed E-state index contributed by atoms with van der Waals surface area (Å²) in [5.74, 6) is -2.21. The van der Waals surface area contributed by atoms with Crippen LogP contribution in [0.5, 0.6) is 0 Å². The Kier molecular flexibility index (Phi) is 4.74. The zero-order valence-corrected chi connectivity index (χ0v) is 7.65. The van der Waals surface area contributed by atoms with Gasteiger partial charge in [0.1, 0.15) is 18.3 Å². The maximum Gasteiger partial charge on any atom is 1.00 e. The molecule has 14 heavy (non-hydrogen) atoms. The van der Waals surface area contributed by atoms with Gasteiger partial charge in [-0.3, -0.25) is 0 Å². The van der Waals surface area contributed by atoms with Crippen LogP contribution in [-0.2, 0) is 0 Å². The van der Waals surface area contributed by atoms with Gasteiger partial charge in [0.05, 0.1) is 0 Å². The Balaban J connectivity index is 0.00000169. The number of hydrogen-bond acceptors (Lipinski definition) is 4. The summed E-state index contributed by atoms with van der Waals surface area (Å²) in [4.78, 5) is 13.6. The maximum atomic E-state index is 12.1. The van der Waals surface area contributed by atoms with Gasteiger partial charge in [0.25, 0.3) is 6.43 Å². The van der Waals surface area contributed by atoms with Gasteiger partial charge in [-0.15, -0.1) is 0 Å². The van der Waals surface area contributed by atoms with Crippen LogP contribution in [0.3, 0.4) is 0 Å². The van der Waals surface area contributed by atoms with Crippen LogP contribution in [0.2, 0.25) is 0 Å². The molecule has 0 aliphatic carbocycles. The predicted octanol–water partition coefficient (Wildman–Crippen LogP) is -3.53. The molecule has 5 nitrogen and oxygen atoms in total. The van der Waals surface area contributed by atoms with Gasteiger partial charge < -0.3 is 9.90 Å². The van der Waals surface area contributed by atoms with Crippen LogP contribution in [0.4, 0.5) is 8.78 Å². The van der Waals surface area contributed by atoms with Crippen molar-refractivity contribution in [3.8, 4) is 0 Å². The Hall–Kier alpha value is -0.933. The average molecular weight is 197 g/mol. The first-order chi connectivity index (χ1) is 6.04. The smallest absolute Gasteiger partial charge is 0.542 e. The van der Waals surface area contributed by atoms with Crippen molar-refractivity contribution in [2.75, 3.05) is 0 Å². The molecule has 0 bridgehead atoms. The van der Waals surface area contributed by atoms with Crippen LogP contribution >= 0.6 is 0 Å². The van der Waals surface area contributed by atoms with Crippen molar-refractivity contribution in [1.29, 1.82) is 0 Å². The van der Waals surface area contributed by atoms with E-state index in [0.717, 1.165) is 13.3 Å². The van der Waals surface area contributed by atoms with E-state index in [1.165, 1.54) is 0 Å². The Bertz CT molecular complexity index is 318. The fourth-order valence-electron chi connectivity index (χ4n) is 0.801. The minimum Gasteiger partial charge on any atom is -0.542 e. The predicted molar refractivity (Wildman–Crippen MR) is 35.1 cm³/mol. The van der Waals surface area contributed by atoms with Gasteiger partial charge >= 0.3 is 18.9 Å². The van der Waals surface area contributed by atoms with E-state index in [2.05, 4.69) is 10.1 Å². The average Bonchev–Trinajstić information content (AvgIpc) is 2.50. The second-order valence-electron chi connectivity index (χ2n) is 2.39. The number of aromatic carboxylic acids is 1. The first kappa shape index (κ1) is 13.1. The maximum absolute atomic E-state index is 12.1. The summed E-state index contributed by atoms with van der Waals surface area (Å²) in [5, 5.41) is 13.7. The Labute approximate surface area is 90.3 Å². The van der Waals surface area contributed by atoms with E-state index in [4.69, 9.17) is 0 Å². The largest absolute Gasteiger partial charge is 1.00 e. The van der Waals surface area contributed by atoms with Crippen LogP contribution in [0.15, 0.2) is 6.33 Å². The number of aromatic nitrogens is 3. The van der Waals surface area contributed by atoms with Gasteiger partial charge in [0, 0.05) is 0 Å². The first-order valence-electron chi connectivity index (χ1n) is 3.43. The van der Waals surface area contributed by atoms with Crippen LogP contribution in [0, 0.1) is 0 Å². The van der Waals surface area contributed by atoms with E-state index in [-0.39, 0.29) is 18.9 Å². The van der Waals surface area contributed by atoms with Crippen LogP contribution in [-0.4, -0.2) is 27.2 Å². The molecule has 1 aromatic rings. The number of carbonyl (C=O) groups excluding carboxylic acids is 1. The topological polar surface area (TPSA) is 70.8 Å². The van der Waals surface area contributed by atoms with E-state index in [1.807, 2.05) is 0 Å². The van der Waals surface area contributed by atoms with Crippen molar-refractivity contribution in [1.82, 2.24) is 14.8 Å². The molecule has 1 atom stereocenters. The molecule has 1 unspecified atom stereocenters. The molecule has 0 saturated carbocycles. The van der Waals surface area contributed by atoms with E-state index >= 15 is 0 Å². The van der Waals surface area contributed by atoms with Gasteiger partial charge in [0.15, 0.2) is 5.82 Å². The zero-order valence-electron chi connectivity index (χ0n) is 7.65. The summed E-state index contributed by atoms with van der Waals surface area (Å²) in [5.41, 5.74) is 0. The minimum absolute atomic E-state index is 0. The third kappa shape index (κ3) is 2.53. The monoisotopic (exact) mass is 197 g/mol. The van der Waals surface area contributed by atoms with E-state index in [0.29, 0.717) is 4.68 Å². The molecule has 1 rings (SSSR count). The summed E-state index contributed by atoms with van der Waals surface area (Å²) in [7, 11) is 0. The number of hydrogen-bond donors (Lipinski definition) is 0. The number of nitrogens with zero attached hydrogens (tertiary/aromatic N) is 3. The van der Waals surface area contributed by atoms with Gasteiger partial charge in [-0.2, -0.15) is 5.10 Å². The van der Waals surface area contributed by atoms with Crippen LogP contribution in [0.25, 0.3) is 0 Å². The van der Waals surface area contributed by atoms with Gasteiger partial charge in [-0.05, 0) is 6.92 Å². The molecule has 0 amide bonds. The number of carboxylic acid groups (broad SMARTS) is 1. The molecule has 1 aromatic heterocycles. The first-order valence-corrected chi connectivity index (χ1v) is 3.43. The third-order valence-electron chi connectivity index (χ3n) is 1.51. The second kappa shape index (κ2) is 5.07. The number of rotatable bonds is 3. The molecule has 72 valence electrons. The van der Waals surface area contributed by atoms with Crippen molar-refractivity contribution in [3.63, 3.8) is 0 Å². The Morgan fingerprint density at radius 1 is 1.64 bits per heavy atom. The van der Waals surface area contributed by atoms with Crippen molar-refractivity contribution in [2.24, 2.45) is 0 Å². The standard InChI is InChI=1S/C6H7F2N3O2.Li/c1-3(4(7)8)11-5(6(12)13)9-2-10-11;/h2-4H,1H3,(H,12,13);/q;+1/p-1. The fraction of sp³-hybridized carbons (Fsp3) is 0.500. The molecule has 8 heteroatoms. The molecular formula is C6H6F2LiN3O2. The molecule has 0 saturated heterocycles. The quantitative estimate of drug-likeness (QED) is 0.471. The minimum atomic E-state index is -2.69. The molecule has 0 fully saturated rings. The van der Waals surface area contributed by atoms with E-state index in [1.54, 1.807) is 0 Å². The number of alkyl halides is 2. The zero-order chi connectivity index (χ0) is 10.0. The molecule has 0 N–H and O–H groups in total. The van der Waals surface area contributed by atoms with Crippen molar-refractivity contribution >= 4 is 5.97 Å². The molecule has 0 aliphatic rings. The van der Waals surface area contributed by atoms with Crippen LogP contribution in [0.1, 0.15) is 23.6 Å². The summed E-state index contributed by atoms with van der Waals surface area (Å²) in [6, 6.07) is -1.32. The van der Waals surface area contributed by atoms with Crippen molar-refractivity contribution in [2.45, 2.75) is 19.4 Å². The number of carboxylic acids is 1. The Morgan fingerprint density at radius 3 is 2.64 bits per heavy atom. The van der Waals surface area contributed by atoms with E-state index < -0.39 is 24.3 Å². The fourth-order valence-corrected chi connectivity index (χ4v) is 0.801. The molecule has 0 radical (unpaired) electrons. The summed E-state index contributed by atoms with van der Waals surface area (Å²) in [6.45, 7) is 1.14. The molecule has 0 aliphatic heterocycles. The van der Waals surface area contributed by atoms with Gasteiger partial charge in [-0.1, -0.05) is 0 Å².